The molecule has 2 aliphatic heterocycles. The number of hydrogen-bond acceptors (Lipinski definition) is 2. The van der Waals surface area contributed by atoms with Crippen LogP contribution in [0.25, 0.3) is 117 Å². The third-order valence-electron chi connectivity index (χ3n) is 31.0. The van der Waals surface area contributed by atoms with Crippen LogP contribution in [0.2, 0.25) is 0 Å². The Morgan fingerprint density at radius 1 is 0.225 bits per heavy atom. The lowest BCUT2D eigenvalue weighted by Crippen LogP contribution is -2.59. The largest absolute Gasteiger partial charge is 0.356 e. The maximum Gasteiger partial charge on any atom is 0.252 e. The lowest BCUT2D eigenvalue weighted by molar-refractivity contribution is 0.568. The van der Waals surface area contributed by atoms with Crippen LogP contribution in [0.15, 0.2) is 200 Å². The Hall–Kier alpha value is -10.7. The van der Waals surface area contributed by atoms with Gasteiger partial charge >= 0.3 is 0 Å². The first-order valence-electron chi connectivity index (χ1n) is 53.0. The SMILES string of the molecule is CC(C)c1cc(C(C)C)c(-c2cccc(-c3c(C(C)C)cc(C(C)C)cc3C(C)C)c2-c2cc(-c3cc(C(C)(C)C)cc(C(C)(C)C)c3)cc3c2Nc2cc(-n4c5ccccc5c5cc(C(C)(C)C)ccc54)cc4c2B3c2cc(-c3cc(C(C)(C)C)cc(C(C)(C)C)c3)cc(-c3c(-c5c(C(C)C)cc(C(C)C)cc5C(C)C)cccc3-c3c(C(C)C)cc(C(C)C)cc3C(C)C)c2N4)c(C(C)C)c1. The summed E-state index contributed by atoms with van der Waals surface area (Å²) in [6.45, 7) is 94.0. The molecule has 138 heavy (non-hydrogen) atoms. The average Bonchev–Trinajstić information content (AvgIpc) is 0.829. The summed E-state index contributed by atoms with van der Waals surface area (Å²) in [7, 11) is 0. The minimum Gasteiger partial charge on any atom is -0.356 e. The number of nitrogens with one attached hydrogen (secondary N) is 2. The zero-order valence-electron chi connectivity index (χ0n) is 92.0. The number of nitrogens with zero attached hydrogens (tertiary/aromatic N) is 1. The van der Waals surface area contributed by atoms with Gasteiger partial charge in [-0.15, -0.1) is 0 Å². The average molecular weight is 1830 g/mol. The zero-order chi connectivity index (χ0) is 100. The van der Waals surface area contributed by atoms with Gasteiger partial charge in [-0.05, 0) is 329 Å². The molecular formula is C134H164BN3. The summed E-state index contributed by atoms with van der Waals surface area (Å²) in [5.41, 5.74) is 54.4. The van der Waals surface area contributed by atoms with Gasteiger partial charge in [0.05, 0.1) is 16.7 Å². The predicted molar refractivity (Wildman–Crippen MR) is 611 cm³/mol. The number of rotatable bonds is 21. The van der Waals surface area contributed by atoms with Crippen LogP contribution in [-0.2, 0) is 27.1 Å². The van der Waals surface area contributed by atoms with E-state index in [1.54, 1.807) is 0 Å². The molecule has 0 saturated carbocycles. The van der Waals surface area contributed by atoms with Crippen molar-refractivity contribution in [1.29, 1.82) is 0 Å². The standard InChI is InChI=1S/C134H164BN3/c1-73(2)85-56-104(77(9)10)123(105(57-85)78(11)12)100-45-42-46-101(124-106(79(13)14)58-86(74(3)4)59-107(124)80(15)16)121(100)113-64-91(89-52-94(131(28,29)30)68-95(53-89)132(31,32)33)66-115-128(113)136-117-71-98(138-119-49-41-40-44-99(119)112-70-93(130(25,26)27)50-51-120(112)138)72-118-127(117)135(115)116-67-92(90-54-96(133(34,35)36)69-97(55-90)134(37,38)39)65-114(129(116)137-118)122-102(125-108(81(17)18)60-87(75(5)6)61-109(125)82(19)20)47-43-48-103(122)126-110(83(21)22)62-88(76(7)8)63-111(126)84(23)24/h40-84,136-137H,1-39H3. The Kier molecular flexibility index (Phi) is 27.0. The third kappa shape index (κ3) is 18.5. The Morgan fingerprint density at radius 3 is 0.761 bits per heavy atom. The van der Waals surface area contributed by atoms with E-state index in [0.29, 0.717) is 23.7 Å². The number of anilines is 4. The predicted octanol–water partition coefficient (Wildman–Crippen LogP) is 38.7. The highest BCUT2D eigenvalue weighted by molar-refractivity contribution is 7.00. The number of aromatic nitrogens is 1. The van der Waals surface area contributed by atoms with Gasteiger partial charge in [-0.3, -0.25) is 0 Å². The Balaban J connectivity index is 1.21. The minimum atomic E-state index is -0.385. The molecule has 1 aromatic heterocycles. The molecule has 0 bridgehead atoms. The van der Waals surface area contributed by atoms with Crippen molar-refractivity contribution in [2.45, 2.75) is 368 Å². The zero-order valence-corrected chi connectivity index (χ0v) is 92.0. The lowest BCUT2D eigenvalue weighted by Gasteiger charge is -2.39. The van der Waals surface area contributed by atoms with E-state index in [2.05, 4.69) is 475 Å². The van der Waals surface area contributed by atoms with Crippen LogP contribution in [0, 0.1) is 0 Å². The van der Waals surface area contributed by atoms with Crippen LogP contribution < -0.4 is 27.0 Å². The van der Waals surface area contributed by atoms with Gasteiger partial charge in [0.2, 0.25) is 0 Å². The molecular weight excluding hydrogens is 1660 g/mol. The smallest absolute Gasteiger partial charge is 0.252 e. The second kappa shape index (κ2) is 37.1. The van der Waals surface area contributed by atoms with Crippen molar-refractivity contribution in [1.82, 2.24) is 4.57 Å². The molecule has 0 unspecified atom stereocenters. The molecule has 13 aromatic carbocycles. The van der Waals surface area contributed by atoms with Crippen LogP contribution >= 0.6 is 0 Å². The summed E-state index contributed by atoms with van der Waals surface area (Å²) in [6, 6.07) is 83.8. The molecule has 4 heteroatoms. The normalized spacial score (nSPS) is 13.3. The second-order valence-corrected chi connectivity index (χ2v) is 50.7. The number of fused-ring (bicyclic) bond motifs is 7. The molecule has 718 valence electrons. The molecule has 2 aliphatic rings. The second-order valence-electron chi connectivity index (χ2n) is 50.7. The van der Waals surface area contributed by atoms with Crippen LogP contribution in [-0.4, -0.2) is 11.3 Å². The van der Waals surface area contributed by atoms with Gasteiger partial charge in [0.25, 0.3) is 6.71 Å². The van der Waals surface area contributed by atoms with Crippen molar-refractivity contribution in [3.63, 3.8) is 0 Å². The van der Waals surface area contributed by atoms with Crippen LogP contribution in [0.1, 0.15) is 436 Å². The highest BCUT2D eigenvalue weighted by Crippen LogP contribution is 2.57. The Morgan fingerprint density at radius 2 is 0.493 bits per heavy atom. The molecule has 3 nitrogen and oxygen atoms in total. The minimum absolute atomic E-state index is 0.0827. The highest BCUT2D eigenvalue weighted by atomic mass is 15.0. The molecule has 0 radical (unpaired) electrons. The Bertz CT molecular complexity index is 6360. The van der Waals surface area contributed by atoms with Crippen molar-refractivity contribution in [3.8, 4) is 94.7 Å². The van der Waals surface area contributed by atoms with E-state index in [4.69, 9.17) is 10.6 Å². The summed E-state index contributed by atoms with van der Waals surface area (Å²) < 4.78 is 2.60. The lowest BCUT2D eigenvalue weighted by atomic mass is 9.33. The van der Waals surface area contributed by atoms with Gasteiger partial charge in [0.15, 0.2) is 0 Å². The van der Waals surface area contributed by atoms with E-state index in [1.165, 1.54) is 222 Å². The van der Waals surface area contributed by atoms with Crippen molar-refractivity contribution in [2.24, 2.45) is 0 Å². The maximum atomic E-state index is 4.75. The molecule has 0 fully saturated rings. The molecule has 16 rings (SSSR count). The number of para-hydroxylation sites is 1. The topological polar surface area (TPSA) is 29.0 Å². The van der Waals surface area contributed by atoms with Gasteiger partial charge in [-0.25, -0.2) is 0 Å². The van der Waals surface area contributed by atoms with E-state index in [1.807, 2.05) is 0 Å². The fraction of sp³-hybridized carbons (Fsp3) is 0.418. The number of benzene rings is 13. The van der Waals surface area contributed by atoms with E-state index in [-0.39, 0.29) is 81.1 Å². The van der Waals surface area contributed by atoms with Crippen molar-refractivity contribution >= 4 is 67.7 Å². The Labute approximate surface area is 834 Å². The fourth-order valence-electron chi connectivity index (χ4n) is 22.4. The maximum absolute atomic E-state index is 4.75. The van der Waals surface area contributed by atoms with E-state index < -0.39 is 0 Å². The summed E-state index contributed by atoms with van der Waals surface area (Å²) >= 11 is 0. The summed E-state index contributed by atoms with van der Waals surface area (Å²) in [5, 5.41) is 12.0. The van der Waals surface area contributed by atoms with Gasteiger partial charge in [-0.2, -0.15) is 0 Å². The summed E-state index contributed by atoms with van der Waals surface area (Å²) in [4.78, 5) is 0. The highest BCUT2D eigenvalue weighted by Gasteiger charge is 2.44. The van der Waals surface area contributed by atoms with Crippen LogP contribution in [0.3, 0.4) is 0 Å². The third-order valence-corrected chi connectivity index (χ3v) is 31.0. The summed E-state index contributed by atoms with van der Waals surface area (Å²) in [6.07, 6.45) is 0. The van der Waals surface area contributed by atoms with E-state index in [0.717, 1.165) is 28.4 Å². The molecule has 14 aromatic rings. The first-order chi connectivity index (χ1) is 64.5. The molecule has 3 heterocycles. The first-order valence-corrected chi connectivity index (χ1v) is 53.0. The molecule has 0 atom stereocenters. The monoisotopic (exact) mass is 1830 g/mol. The van der Waals surface area contributed by atoms with Crippen molar-refractivity contribution < 1.29 is 0 Å². The van der Waals surface area contributed by atoms with E-state index in [9.17, 15) is 0 Å². The van der Waals surface area contributed by atoms with Gasteiger partial charge < -0.3 is 15.2 Å². The fourth-order valence-corrected chi connectivity index (χ4v) is 22.4. The van der Waals surface area contributed by atoms with Crippen molar-refractivity contribution in [2.75, 3.05) is 10.6 Å². The molecule has 0 spiro atoms. The number of hydrogen-bond donors (Lipinski definition) is 2. The molecule has 2 N–H and O–H groups in total. The molecule has 0 saturated heterocycles. The quantitative estimate of drug-likeness (QED) is 0.0702. The van der Waals surface area contributed by atoms with E-state index >= 15 is 0 Å². The molecule has 0 amide bonds. The van der Waals surface area contributed by atoms with Gasteiger partial charge in [-0.1, -0.05) is 428 Å². The van der Waals surface area contributed by atoms with Crippen LogP contribution in [0.4, 0.5) is 22.7 Å². The van der Waals surface area contributed by atoms with Gasteiger partial charge in [0.1, 0.15) is 0 Å². The molecule has 0 aliphatic carbocycles. The first kappa shape index (κ1) is 100. The van der Waals surface area contributed by atoms with Crippen molar-refractivity contribution in [3.05, 3.63) is 295 Å². The van der Waals surface area contributed by atoms with Gasteiger partial charge in [0, 0.05) is 44.6 Å². The van der Waals surface area contributed by atoms with Crippen LogP contribution in [0.5, 0.6) is 0 Å². The summed E-state index contributed by atoms with van der Waals surface area (Å²) in [5.74, 6) is 2.85.